The predicted molar refractivity (Wildman–Crippen MR) is 32.0 cm³/mol. The lowest BCUT2D eigenvalue weighted by atomic mass is 10.4. The summed E-state index contributed by atoms with van der Waals surface area (Å²) in [6.45, 7) is 1.66. The second-order valence-corrected chi connectivity index (χ2v) is 1.83. The molecule has 0 aromatic carbocycles. The van der Waals surface area contributed by atoms with E-state index in [1.165, 1.54) is 11.0 Å². The van der Waals surface area contributed by atoms with Crippen LogP contribution < -0.4 is 0 Å². The van der Waals surface area contributed by atoms with Gasteiger partial charge in [0.25, 0.3) is 0 Å². The molecule has 1 atom stereocenters. The molecule has 0 radical (unpaired) electrons. The van der Waals surface area contributed by atoms with Gasteiger partial charge in [-0.15, -0.1) is 5.10 Å². The summed E-state index contributed by atoms with van der Waals surface area (Å²) < 4.78 is 1.29. The van der Waals surface area contributed by atoms with Gasteiger partial charge in [0.2, 0.25) is 0 Å². The molecule has 0 saturated heterocycles. The quantitative estimate of drug-likeness (QED) is 0.595. The van der Waals surface area contributed by atoms with Crippen LogP contribution in [0.15, 0.2) is 6.33 Å². The third-order valence-electron chi connectivity index (χ3n) is 1.08. The second kappa shape index (κ2) is 2.35. The fraction of sp³-hybridized carbons (Fsp3) is 0.400. The third kappa shape index (κ3) is 1.05. The molecule has 0 aliphatic rings. The Morgan fingerprint density at radius 1 is 1.90 bits per heavy atom. The predicted octanol–water partition coefficient (Wildman–Crippen LogP) is 0.0683. The van der Waals surface area contributed by atoms with Crippen molar-refractivity contribution in [1.29, 1.82) is 5.26 Å². The highest BCUT2D eigenvalue weighted by Crippen LogP contribution is 2.03. The summed E-state index contributed by atoms with van der Waals surface area (Å²) in [5, 5.41) is 20.5. The first-order valence-corrected chi connectivity index (χ1v) is 2.74. The van der Waals surface area contributed by atoms with E-state index in [1.54, 1.807) is 6.92 Å². The minimum absolute atomic E-state index is 0.304. The van der Waals surface area contributed by atoms with Crippen molar-refractivity contribution >= 4 is 0 Å². The SMILES string of the molecule is CC(C#N)n1cnc(O)n1. The molecule has 1 rings (SSSR count). The van der Waals surface area contributed by atoms with E-state index in [0.29, 0.717) is 0 Å². The molecule has 1 heterocycles. The summed E-state index contributed by atoms with van der Waals surface area (Å²) in [7, 11) is 0. The molecule has 5 heteroatoms. The molecule has 1 unspecified atom stereocenters. The summed E-state index contributed by atoms with van der Waals surface area (Å²) in [5.74, 6) is 0. The number of rotatable bonds is 1. The van der Waals surface area contributed by atoms with Gasteiger partial charge in [-0.3, -0.25) is 0 Å². The lowest BCUT2D eigenvalue weighted by Gasteiger charge is -1.97. The van der Waals surface area contributed by atoms with E-state index >= 15 is 0 Å². The molecule has 1 aromatic heterocycles. The van der Waals surface area contributed by atoms with Crippen LogP contribution in [0, 0.1) is 11.3 Å². The van der Waals surface area contributed by atoms with Crippen LogP contribution in [0.5, 0.6) is 6.01 Å². The van der Waals surface area contributed by atoms with Crippen LogP contribution in [0.4, 0.5) is 0 Å². The second-order valence-electron chi connectivity index (χ2n) is 1.83. The van der Waals surface area contributed by atoms with Crippen LogP contribution in [0.25, 0.3) is 0 Å². The first-order valence-electron chi connectivity index (χ1n) is 2.74. The minimum atomic E-state index is -0.381. The molecule has 0 spiro atoms. The van der Waals surface area contributed by atoms with Gasteiger partial charge in [0.15, 0.2) is 0 Å². The van der Waals surface area contributed by atoms with Crippen molar-refractivity contribution in [2.24, 2.45) is 0 Å². The fourth-order valence-electron chi connectivity index (χ4n) is 0.511. The molecule has 0 amide bonds. The van der Waals surface area contributed by atoms with Gasteiger partial charge in [-0.25, -0.2) is 4.68 Å². The molecular formula is C5H6N4O. The van der Waals surface area contributed by atoms with Crippen molar-refractivity contribution in [2.45, 2.75) is 13.0 Å². The minimum Gasteiger partial charge on any atom is -0.478 e. The Kier molecular flexibility index (Phi) is 1.54. The maximum absolute atomic E-state index is 8.64. The monoisotopic (exact) mass is 138 g/mol. The number of hydrogen-bond acceptors (Lipinski definition) is 4. The first kappa shape index (κ1) is 6.55. The van der Waals surface area contributed by atoms with Gasteiger partial charge in [-0.1, -0.05) is 0 Å². The molecule has 5 nitrogen and oxygen atoms in total. The van der Waals surface area contributed by atoms with E-state index < -0.39 is 0 Å². The van der Waals surface area contributed by atoms with Crippen LogP contribution in [0.3, 0.4) is 0 Å². The van der Waals surface area contributed by atoms with E-state index in [0.717, 1.165) is 0 Å². The highest BCUT2D eigenvalue weighted by atomic mass is 16.3. The first-order chi connectivity index (χ1) is 4.74. The fourth-order valence-corrected chi connectivity index (χ4v) is 0.511. The van der Waals surface area contributed by atoms with Crippen molar-refractivity contribution < 1.29 is 5.11 Å². The molecule has 0 fully saturated rings. The lowest BCUT2D eigenvalue weighted by molar-refractivity contribution is 0.420. The molecule has 1 aromatic rings. The molecule has 0 aliphatic heterocycles. The zero-order valence-electron chi connectivity index (χ0n) is 5.39. The number of nitrogens with zero attached hydrogens (tertiary/aromatic N) is 4. The van der Waals surface area contributed by atoms with E-state index in [2.05, 4.69) is 10.1 Å². The average molecular weight is 138 g/mol. The number of nitriles is 1. The maximum Gasteiger partial charge on any atom is 0.332 e. The number of hydrogen-bond donors (Lipinski definition) is 1. The van der Waals surface area contributed by atoms with Crippen LogP contribution in [0.1, 0.15) is 13.0 Å². The Bertz CT molecular complexity index is 261. The van der Waals surface area contributed by atoms with Crippen LogP contribution >= 0.6 is 0 Å². The molecule has 0 bridgehead atoms. The van der Waals surface area contributed by atoms with Gasteiger partial charge in [0.05, 0.1) is 6.07 Å². The molecule has 0 saturated carbocycles. The van der Waals surface area contributed by atoms with Crippen molar-refractivity contribution in [3.05, 3.63) is 6.33 Å². The maximum atomic E-state index is 8.64. The van der Waals surface area contributed by atoms with Crippen LogP contribution in [0.2, 0.25) is 0 Å². The molecular weight excluding hydrogens is 132 g/mol. The largest absolute Gasteiger partial charge is 0.478 e. The van der Waals surface area contributed by atoms with Crippen molar-refractivity contribution in [2.75, 3.05) is 0 Å². The zero-order valence-corrected chi connectivity index (χ0v) is 5.39. The normalized spacial score (nSPS) is 12.4. The van der Waals surface area contributed by atoms with Crippen LogP contribution in [-0.2, 0) is 0 Å². The molecule has 10 heavy (non-hydrogen) atoms. The van der Waals surface area contributed by atoms with Gasteiger partial charge in [-0.05, 0) is 6.92 Å². The Morgan fingerprint density at radius 3 is 3.00 bits per heavy atom. The standard InChI is InChI=1S/C5H6N4O/c1-4(2-6)9-3-7-5(10)8-9/h3-4H,1H3,(H,8,10). The number of aromatic hydroxyl groups is 1. The zero-order chi connectivity index (χ0) is 7.56. The van der Waals surface area contributed by atoms with E-state index in [1.807, 2.05) is 6.07 Å². The van der Waals surface area contributed by atoms with E-state index in [4.69, 9.17) is 10.4 Å². The van der Waals surface area contributed by atoms with Crippen molar-refractivity contribution in [3.8, 4) is 12.1 Å². The Balaban J connectivity index is 2.87. The van der Waals surface area contributed by atoms with Gasteiger partial charge in [0, 0.05) is 0 Å². The Morgan fingerprint density at radius 2 is 2.60 bits per heavy atom. The van der Waals surface area contributed by atoms with Gasteiger partial charge in [-0.2, -0.15) is 10.2 Å². The van der Waals surface area contributed by atoms with Gasteiger partial charge >= 0.3 is 6.01 Å². The molecule has 0 aliphatic carbocycles. The van der Waals surface area contributed by atoms with Crippen molar-refractivity contribution in [1.82, 2.24) is 14.8 Å². The van der Waals surface area contributed by atoms with Gasteiger partial charge < -0.3 is 5.11 Å². The number of aromatic nitrogens is 3. The van der Waals surface area contributed by atoms with Crippen molar-refractivity contribution in [3.63, 3.8) is 0 Å². The Labute approximate surface area is 57.5 Å². The highest BCUT2D eigenvalue weighted by molar-refractivity contribution is 4.90. The average Bonchev–Trinajstić information content (AvgIpc) is 2.34. The topological polar surface area (TPSA) is 74.7 Å². The Hall–Kier alpha value is -1.57. The summed E-state index contributed by atoms with van der Waals surface area (Å²) in [6.07, 6.45) is 1.31. The lowest BCUT2D eigenvalue weighted by Crippen LogP contribution is -2.02. The van der Waals surface area contributed by atoms with E-state index in [9.17, 15) is 0 Å². The van der Waals surface area contributed by atoms with Crippen LogP contribution in [-0.4, -0.2) is 19.9 Å². The summed E-state index contributed by atoms with van der Waals surface area (Å²) >= 11 is 0. The summed E-state index contributed by atoms with van der Waals surface area (Å²) in [6, 6.07) is 1.26. The summed E-state index contributed by atoms with van der Waals surface area (Å²) in [5.41, 5.74) is 0. The molecule has 1 N–H and O–H groups in total. The van der Waals surface area contributed by atoms with Gasteiger partial charge in [0.1, 0.15) is 12.4 Å². The van der Waals surface area contributed by atoms with E-state index in [-0.39, 0.29) is 12.1 Å². The molecule has 52 valence electrons. The third-order valence-corrected chi connectivity index (χ3v) is 1.08. The summed E-state index contributed by atoms with van der Waals surface area (Å²) in [4.78, 5) is 3.44. The highest BCUT2D eigenvalue weighted by Gasteiger charge is 2.03. The smallest absolute Gasteiger partial charge is 0.332 e.